The lowest BCUT2D eigenvalue weighted by molar-refractivity contribution is -0.117. The molecule has 1 aromatic carbocycles. The average Bonchev–Trinajstić information content (AvgIpc) is 2.70. The number of carbonyl (C=O) groups excluding carboxylic acids is 1. The molecule has 2 N–H and O–H groups in total. The number of hydrogen-bond acceptors (Lipinski definition) is 2. The van der Waals surface area contributed by atoms with Crippen molar-refractivity contribution in [3.63, 3.8) is 0 Å². The van der Waals surface area contributed by atoms with E-state index in [2.05, 4.69) is 5.92 Å². The Kier molecular flexibility index (Phi) is 3.12. The fourth-order valence-corrected chi connectivity index (χ4v) is 2.05. The van der Waals surface area contributed by atoms with Crippen molar-refractivity contribution < 1.29 is 9.18 Å². The minimum Gasteiger partial charge on any atom is -0.326 e. The summed E-state index contributed by atoms with van der Waals surface area (Å²) in [5.74, 6) is 2.00. The van der Waals surface area contributed by atoms with Crippen LogP contribution in [-0.4, -0.2) is 12.5 Å². The first-order valence-electron chi connectivity index (χ1n) is 5.41. The zero-order chi connectivity index (χ0) is 12.4. The molecule has 0 aromatic heterocycles. The van der Waals surface area contributed by atoms with Crippen LogP contribution in [0.2, 0.25) is 0 Å². The van der Waals surface area contributed by atoms with E-state index in [4.69, 9.17) is 12.2 Å². The van der Waals surface area contributed by atoms with E-state index in [1.165, 1.54) is 11.0 Å². The topological polar surface area (TPSA) is 46.3 Å². The predicted octanol–water partition coefficient (Wildman–Crippen LogP) is 1.27. The molecule has 3 nitrogen and oxygen atoms in total. The van der Waals surface area contributed by atoms with E-state index in [0.717, 1.165) is 0 Å². The van der Waals surface area contributed by atoms with Crippen molar-refractivity contribution in [3.05, 3.63) is 29.6 Å². The molecule has 1 saturated heterocycles. The minimum atomic E-state index is -0.387. The lowest BCUT2D eigenvalue weighted by Gasteiger charge is -2.19. The quantitative estimate of drug-likeness (QED) is 0.780. The number of halogens is 1. The third kappa shape index (κ3) is 2.02. The smallest absolute Gasteiger partial charge is 0.228 e. The molecule has 88 valence electrons. The minimum absolute atomic E-state index is 0.0620. The molecule has 1 fully saturated rings. The van der Waals surface area contributed by atoms with Crippen LogP contribution in [0.3, 0.4) is 0 Å². The first-order valence-corrected chi connectivity index (χ1v) is 5.41. The number of rotatable bonds is 2. The molecule has 0 radical (unpaired) electrons. The van der Waals surface area contributed by atoms with Crippen LogP contribution < -0.4 is 10.6 Å². The molecule has 2 rings (SSSR count). The maximum absolute atomic E-state index is 13.6. The van der Waals surface area contributed by atoms with E-state index in [0.29, 0.717) is 24.2 Å². The second kappa shape index (κ2) is 4.56. The number of hydrogen-bond donors (Lipinski definition) is 1. The summed E-state index contributed by atoms with van der Waals surface area (Å²) in [4.78, 5) is 13.3. The molecular weight excluding hydrogens is 219 g/mol. The number of anilines is 1. The molecule has 1 unspecified atom stereocenters. The van der Waals surface area contributed by atoms with Crippen LogP contribution in [0, 0.1) is 24.1 Å². The second-order valence-corrected chi connectivity index (χ2v) is 4.01. The van der Waals surface area contributed by atoms with Crippen molar-refractivity contribution in [1.29, 1.82) is 0 Å². The molecule has 1 amide bonds. The second-order valence-electron chi connectivity index (χ2n) is 4.01. The Morgan fingerprint density at radius 1 is 1.59 bits per heavy atom. The first-order chi connectivity index (χ1) is 8.17. The SMILES string of the molecule is C#CC1CC(=O)N(c2cccc(F)c2CN)C1. The molecule has 0 spiro atoms. The molecule has 4 heteroatoms. The Morgan fingerprint density at radius 2 is 2.35 bits per heavy atom. The van der Waals surface area contributed by atoms with Gasteiger partial charge in [0, 0.05) is 31.0 Å². The largest absolute Gasteiger partial charge is 0.326 e. The van der Waals surface area contributed by atoms with E-state index in [9.17, 15) is 9.18 Å². The summed E-state index contributed by atoms with van der Waals surface area (Å²) in [5.41, 5.74) is 6.41. The van der Waals surface area contributed by atoms with Crippen molar-refractivity contribution in [1.82, 2.24) is 0 Å². The van der Waals surface area contributed by atoms with E-state index < -0.39 is 0 Å². The van der Waals surface area contributed by atoms with E-state index in [1.807, 2.05) is 0 Å². The Balaban J connectivity index is 2.39. The number of terminal acetylenes is 1. The fourth-order valence-electron chi connectivity index (χ4n) is 2.05. The van der Waals surface area contributed by atoms with Crippen LogP contribution in [0.1, 0.15) is 12.0 Å². The number of nitrogens with two attached hydrogens (primary N) is 1. The zero-order valence-electron chi connectivity index (χ0n) is 9.32. The number of amides is 1. The van der Waals surface area contributed by atoms with Crippen LogP contribution >= 0.6 is 0 Å². The van der Waals surface area contributed by atoms with Gasteiger partial charge in [0.05, 0.1) is 5.69 Å². The number of carbonyl (C=O) groups is 1. The van der Waals surface area contributed by atoms with Crippen LogP contribution in [0.4, 0.5) is 10.1 Å². The molecule has 0 bridgehead atoms. The van der Waals surface area contributed by atoms with Gasteiger partial charge in [0.15, 0.2) is 0 Å². The van der Waals surface area contributed by atoms with Gasteiger partial charge in [0.25, 0.3) is 0 Å². The summed E-state index contributed by atoms with van der Waals surface area (Å²) in [6.07, 6.45) is 5.63. The van der Waals surface area contributed by atoms with Gasteiger partial charge in [-0.15, -0.1) is 12.3 Å². The first kappa shape index (κ1) is 11.6. The van der Waals surface area contributed by atoms with Gasteiger partial charge >= 0.3 is 0 Å². The highest BCUT2D eigenvalue weighted by Crippen LogP contribution is 2.29. The maximum atomic E-state index is 13.6. The van der Waals surface area contributed by atoms with E-state index in [1.54, 1.807) is 12.1 Å². The lowest BCUT2D eigenvalue weighted by Crippen LogP contribution is -2.26. The van der Waals surface area contributed by atoms with Crippen LogP contribution in [0.25, 0.3) is 0 Å². The van der Waals surface area contributed by atoms with Gasteiger partial charge in [0.2, 0.25) is 5.91 Å². The van der Waals surface area contributed by atoms with Crippen LogP contribution in [-0.2, 0) is 11.3 Å². The highest BCUT2D eigenvalue weighted by molar-refractivity contribution is 5.96. The summed E-state index contributed by atoms with van der Waals surface area (Å²) in [6.45, 7) is 0.498. The Morgan fingerprint density at radius 3 is 2.94 bits per heavy atom. The van der Waals surface area contributed by atoms with Crippen molar-refractivity contribution >= 4 is 11.6 Å². The monoisotopic (exact) mass is 232 g/mol. The van der Waals surface area contributed by atoms with Crippen LogP contribution in [0.5, 0.6) is 0 Å². The molecule has 1 aliphatic rings. The molecule has 1 atom stereocenters. The number of benzene rings is 1. The summed E-state index contributed by atoms with van der Waals surface area (Å²) in [6, 6.07) is 4.60. The highest BCUT2D eigenvalue weighted by Gasteiger charge is 2.30. The van der Waals surface area contributed by atoms with Gasteiger partial charge < -0.3 is 10.6 Å². The van der Waals surface area contributed by atoms with Gasteiger partial charge in [-0.1, -0.05) is 6.07 Å². The molecule has 0 aliphatic carbocycles. The van der Waals surface area contributed by atoms with Crippen molar-refractivity contribution in [2.75, 3.05) is 11.4 Å². The maximum Gasteiger partial charge on any atom is 0.228 e. The third-order valence-electron chi connectivity index (χ3n) is 2.95. The summed E-state index contributed by atoms with van der Waals surface area (Å²) < 4.78 is 13.6. The van der Waals surface area contributed by atoms with Crippen LogP contribution in [0.15, 0.2) is 18.2 Å². The van der Waals surface area contributed by atoms with Gasteiger partial charge in [-0.25, -0.2) is 4.39 Å². The van der Waals surface area contributed by atoms with E-state index in [-0.39, 0.29) is 24.2 Å². The summed E-state index contributed by atoms with van der Waals surface area (Å²) >= 11 is 0. The third-order valence-corrected chi connectivity index (χ3v) is 2.95. The highest BCUT2D eigenvalue weighted by atomic mass is 19.1. The van der Waals surface area contributed by atoms with Gasteiger partial charge in [-0.2, -0.15) is 0 Å². The fraction of sp³-hybridized carbons (Fsp3) is 0.308. The Hall–Kier alpha value is -1.86. The Labute approximate surface area is 99.4 Å². The number of nitrogens with zero attached hydrogens (tertiary/aromatic N) is 1. The molecule has 0 saturated carbocycles. The predicted molar refractivity (Wildman–Crippen MR) is 63.6 cm³/mol. The van der Waals surface area contributed by atoms with Gasteiger partial charge in [-0.3, -0.25) is 4.79 Å². The average molecular weight is 232 g/mol. The van der Waals surface area contributed by atoms with Crippen molar-refractivity contribution in [2.45, 2.75) is 13.0 Å². The van der Waals surface area contributed by atoms with Crippen molar-refractivity contribution in [3.8, 4) is 12.3 Å². The molecule has 1 aliphatic heterocycles. The lowest BCUT2D eigenvalue weighted by atomic mass is 10.1. The standard InChI is InChI=1S/C13H13FN2O/c1-2-9-6-13(17)16(8-9)12-5-3-4-11(14)10(12)7-15/h1,3-5,9H,6-8,15H2. The summed E-state index contributed by atoms with van der Waals surface area (Å²) in [7, 11) is 0. The van der Waals surface area contributed by atoms with Gasteiger partial charge in [-0.05, 0) is 12.1 Å². The molecule has 17 heavy (non-hydrogen) atoms. The van der Waals surface area contributed by atoms with E-state index >= 15 is 0 Å². The zero-order valence-corrected chi connectivity index (χ0v) is 9.32. The Bertz CT molecular complexity index is 493. The molecule has 1 aromatic rings. The molecular formula is C13H13FN2O. The van der Waals surface area contributed by atoms with Crippen molar-refractivity contribution in [2.24, 2.45) is 11.7 Å². The normalized spacial score (nSPS) is 19.5. The summed E-state index contributed by atoms with van der Waals surface area (Å²) in [5, 5.41) is 0. The van der Waals surface area contributed by atoms with Gasteiger partial charge in [0.1, 0.15) is 5.82 Å². The molecule has 1 heterocycles.